The number of alkyl halides is 2. The van der Waals surface area contributed by atoms with E-state index in [1.165, 1.54) is 0 Å². The van der Waals surface area contributed by atoms with E-state index in [0.717, 1.165) is 24.1 Å². The van der Waals surface area contributed by atoms with E-state index in [-0.39, 0.29) is 5.41 Å². The molecule has 0 aliphatic carbocycles. The van der Waals surface area contributed by atoms with Crippen molar-refractivity contribution < 1.29 is 0 Å². The molecule has 1 heterocycles. The van der Waals surface area contributed by atoms with E-state index >= 15 is 0 Å². The van der Waals surface area contributed by atoms with Crippen molar-refractivity contribution in [1.82, 2.24) is 4.98 Å². The van der Waals surface area contributed by atoms with Crippen LogP contribution in [-0.2, 0) is 5.41 Å². The highest BCUT2D eigenvalue weighted by molar-refractivity contribution is 6.18. The van der Waals surface area contributed by atoms with E-state index in [0.29, 0.717) is 17.3 Å². The number of hydrogen-bond acceptors (Lipinski definition) is 1. The first-order chi connectivity index (χ1) is 9.76. The van der Waals surface area contributed by atoms with Crippen LogP contribution in [0.3, 0.4) is 0 Å². The van der Waals surface area contributed by atoms with E-state index in [1.54, 1.807) is 0 Å². The highest BCUT2D eigenvalue weighted by atomic mass is 35.5. The first-order valence-electron chi connectivity index (χ1n) is 6.53. The second-order valence-electron chi connectivity index (χ2n) is 4.73. The van der Waals surface area contributed by atoms with Crippen LogP contribution in [0.1, 0.15) is 29.7 Å². The number of nitrogens with zero attached hydrogens (tertiary/aromatic N) is 1. The van der Waals surface area contributed by atoms with E-state index in [4.69, 9.17) is 28.5 Å². The second kappa shape index (κ2) is 6.83. The van der Waals surface area contributed by atoms with Gasteiger partial charge in [0.2, 0.25) is 0 Å². The van der Waals surface area contributed by atoms with E-state index in [9.17, 15) is 0 Å². The molecule has 20 heavy (non-hydrogen) atoms. The van der Waals surface area contributed by atoms with Crippen LogP contribution in [-0.4, -0.2) is 16.7 Å². The number of benzene rings is 1. The summed E-state index contributed by atoms with van der Waals surface area (Å²) in [6.45, 7) is 0. The topological polar surface area (TPSA) is 39.6 Å². The van der Waals surface area contributed by atoms with Gasteiger partial charge in [-0.1, -0.05) is 12.1 Å². The molecular weight excluding hydrogens is 291 g/mol. The van der Waals surface area contributed by atoms with Gasteiger partial charge in [-0.15, -0.1) is 23.2 Å². The van der Waals surface area contributed by atoms with Gasteiger partial charge in [-0.3, -0.25) is 0 Å². The van der Waals surface area contributed by atoms with Crippen LogP contribution >= 0.6 is 23.2 Å². The molecule has 2 aromatic rings. The molecule has 0 saturated carbocycles. The van der Waals surface area contributed by atoms with Gasteiger partial charge in [-0.05, 0) is 42.7 Å². The van der Waals surface area contributed by atoms with Crippen LogP contribution < -0.4 is 0 Å². The number of H-pyrrole nitrogens is 1. The molecule has 0 bridgehead atoms. The van der Waals surface area contributed by atoms with Crippen molar-refractivity contribution in [1.29, 1.82) is 5.26 Å². The smallest absolute Gasteiger partial charge is 0.0991 e. The predicted octanol–water partition coefficient (Wildman–Crippen LogP) is 4.43. The van der Waals surface area contributed by atoms with Crippen LogP contribution in [0.2, 0.25) is 0 Å². The maximum absolute atomic E-state index is 8.92. The molecule has 0 aliphatic rings. The lowest BCUT2D eigenvalue weighted by atomic mass is 9.73. The van der Waals surface area contributed by atoms with Gasteiger partial charge in [0.05, 0.1) is 11.6 Å². The molecule has 0 spiro atoms. The molecule has 2 nitrogen and oxygen atoms in total. The molecule has 2 rings (SSSR count). The summed E-state index contributed by atoms with van der Waals surface area (Å²) in [5, 5.41) is 8.92. The van der Waals surface area contributed by atoms with E-state index < -0.39 is 0 Å². The molecule has 0 radical (unpaired) electrons. The number of nitrogens with one attached hydrogen (secondary N) is 1. The third kappa shape index (κ3) is 2.85. The maximum Gasteiger partial charge on any atom is 0.0991 e. The summed E-state index contributed by atoms with van der Waals surface area (Å²) in [7, 11) is 0. The lowest BCUT2D eigenvalue weighted by Gasteiger charge is -2.33. The Bertz CT molecular complexity index is 562. The van der Waals surface area contributed by atoms with Crippen molar-refractivity contribution in [3.63, 3.8) is 0 Å². The van der Waals surface area contributed by atoms with Crippen LogP contribution in [0.15, 0.2) is 42.6 Å². The van der Waals surface area contributed by atoms with Crippen molar-refractivity contribution in [2.45, 2.75) is 18.3 Å². The first-order valence-corrected chi connectivity index (χ1v) is 7.60. The zero-order valence-corrected chi connectivity index (χ0v) is 12.6. The fourth-order valence-corrected chi connectivity index (χ4v) is 3.30. The first kappa shape index (κ1) is 15.0. The number of hydrogen-bond donors (Lipinski definition) is 1. The van der Waals surface area contributed by atoms with Crippen molar-refractivity contribution in [2.24, 2.45) is 0 Å². The number of halogens is 2. The molecule has 1 N–H and O–H groups in total. The third-order valence-corrected chi connectivity index (χ3v) is 4.10. The molecule has 0 saturated heterocycles. The zero-order chi connectivity index (χ0) is 14.4. The van der Waals surface area contributed by atoms with Gasteiger partial charge in [0.25, 0.3) is 0 Å². The molecule has 0 unspecified atom stereocenters. The Morgan fingerprint density at radius 2 is 1.70 bits per heavy atom. The number of aromatic amines is 1. The molecule has 104 valence electrons. The average molecular weight is 307 g/mol. The Kier molecular flexibility index (Phi) is 5.11. The van der Waals surface area contributed by atoms with Crippen LogP contribution in [0.4, 0.5) is 0 Å². The van der Waals surface area contributed by atoms with Gasteiger partial charge >= 0.3 is 0 Å². The van der Waals surface area contributed by atoms with E-state index in [2.05, 4.69) is 17.1 Å². The fourth-order valence-electron chi connectivity index (χ4n) is 2.65. The van der Waals surface area contributed by atoms with Gasteiger partial charge in [-0.25, -0.2) is 0 Å². The Labute approximate surface area is 129 Å². The predicted molar refractivity (Wildman–Crippen MR) is 83.4 cm³/mol. The summed E-state index contributed by atoms with van der Waals surface area (Å²) < 4.78 is 0. The molecule has 4 heteroatoms. The normalized spacial score (nSPS) is 11.2. The fraction of sp³-hybridized carbons (Fsp3) is 0.312. The summed E-state index contributed by atoms with van der Waals surface area (Å²) in [5.74, 6) is 1.10. The van der Waals surface area contributed by atoms with Gasteiger partial charge in [-0.2, -0.15) is 5.26 Å². The highest BCUT2D eigenvalue weighted by Crippen LogP contribution is 2.39. The van der Waals surface area contributed by atoms with Gasteiger partial charge in [0.15, 0.2) is 0 Å². The van der Waals surface area contributed by atoms with E-state index in [1.807, 2.05) is 36.5 Å². The van der Waals surface area contributed by atoms with Crippen LogP contribution in [0.5, 0.6) is 0 Å². The lowest BCUT2D eigenvalue weighted by molar-refractivity contribution is 0.472. The van der Waals surface area contributed by atoms with Crippen molar-refractivity contribution >= 4 is 23.2 Å². The summed E-state index contributed by atoms with van der Waals surface area (Å²) in [6.07, 6.45) is 3.51. The minimum atomic E-state index is -0.221. The lowest BCUT2D eigenvalue weighted by Crippen LogP contribution is -2.29. The molecule has 1 aromatic carbocycles. The minimum absolute atomic E-state index is 0.221. The maximum atomic E-state index is 8.92. The minimum Gasteiger partial charge on any atom is -0.364 e. The van der Waals surface area contributed by atoms with Crippen LogP contribution in [0, 0.1) is 11.3 Å². The third-order valence-electron chi connectivity index (χ3n) is 3.72. The van der Waals surface area contributed by atoms with Crippen LogP contribution in [0.25, 0.3) is 0 Å². The highest BCUT2D eigenvalue weighted by Gasteiger charge is 2.34. The largest absolute Gasteiger partial charge is 0.364 e. The number of nitriles is 1. The summed E-state index contributed by atoms with van der Waals surface area (Å²) in [4.78, 5) is 3.29. The van der Waals surface area contributed by atoms with Crippen molar-refractivity contribution in [3.8, 4) is 6.07 Å². The monoisotopic (exact) mass is 306 g/mol. The molecular formula is C16H16Cl2N2. The summed E-state index contributed by atoms with van der Waals surface area (Å²) >= 11 is 12.1. The van der Waals surface area contributed by atoms with Crippen molar-refractivity contribution in [2.75, 3.05) is 11.8 Å². The Hall–Kier alpha value is -1.43. The molecule has 0 amide bonds. The SMILES string of the molecule is N#Cc1ccc(C(CCCl)(CCCl)c2ccc[nH]2)cc1. The molecule has 0 atom stereocenters. The summed E-state index contributed by atoms with van der Waals surface area (Å²) in [6, 6.07) is 13.9. The van der Waals surface area contributed by atoms with Crippen molar-refractivity contribution in [3.05, 3.63) is 59.4 Å². The average Bonchev–Trinajstić information content (AvgIpc) is 3.02. The second-order valence-corrected chi connectivity index (χ2v) is 5.49. The standard InChI is InChI=1S/C16H16Cl2N2/c17-9-7-16(8-10-18,15-2-1-11-20-15)14-5-3-13(12-19)4-6-14/h1-6,11,20H,7-10H2. The number of rotatable bonds is 6. The Balaban J connectivity index is 2.51. The van der Waals surface area contributed by atoms with Gasteiger partial charge in [0, 0.05) is 29.1 Å². The number of aromatic nitrogens is 1. The molecule has 1 aromatic heterocycles. The molecule has 0 aliphatic heterocycles. The van der Waals surface area contributed by atoms with Gasteiger partial charge < -0.3 is 4.98 Å². The zero-order valence-electron chi connectivity index (χ0n) is 11.1. The summed E-state index contributed by atoms with van der Waals surface area (Å²) in [5.41, 5.74) is 2.69. The Morgan fingerprint density at radius 1 is 1.05 bits per heavy atom. The Morgan fingerprint density at radius 3 is 2.15 bits per heavy atom. The van der Waals surface area contributed by atoms with Gasteiger partial charge in [0.1, 0.15) is 0 Å². The quantitative estimate of drug-likeness (QED) is 0.788. The molecule has 0 fully saturated rings.